The van der Waals surface area contributed by atoms with Crippen LogP contribution in [-0.2, 0) is 30.8 Å². The van der Waals surface area contributed by atoms with Gasteiger partial charge in [0.05, 0.1) is 17.0 Å². The molecule has 3 amide bonds. The minimum Gasteiger partial charge on any atom is -0.390 e. The van der Waals surface area contributed by atoms with E-state index in [0.717, 1.165) is 5.56 Å². The summed E-state index contributed by atoms with van der Waals surface area (Å²) >= 11 is 0. The monoisotopic (exact) mass is 558 g/mol. The van der Waals surface area contributed by atoms with Gasteiger partial charge >= 0.3 is 0 Å². The maximum absolute atomic E-state index is 13.6. The van der Waals surface area contributed by atoms with Crippen molar-refractivity contribution in [2.24, 2.45) is 11.8 Å². The molecule has 3 rings (SSSR count). The number of sulfonamides is 1. The molecule has 3 atom stereocenters. The van der Waals surface area contributed by atoms with Crippen molar-refractivity contribution >= 4 is 33.4 Å². The maximum atomic E-state index is 13.6. The molecular weight excluding hydrogens is 520 g/mol. The molecule has 4 N–H and O–H groups in total. The Morgan fingerprint density at radius 2 is 1.74 bits per heavy atom. The van der Waals surface area contributed by atoms with Gasteiger partial charge in [-0.1, -0.05) is 44.2 Å². The second-order valence-corrected chi connectivity index (χ2v) is 12.4. The summed E-state index contributed by atoms with van der Waals surface area (Å²) in [7, 11) is -3.99. The van der Waals surface area contributed by atoms with E-state index in [4.69, 9.17) is 0 Å². The summed E-state index contributed by atoms with van der Waals surface area (Å²) in [5.41, 5.74) is 1.35. The topological polar surface area (TPSA) is 145 Å². The van der Waals surface area contributed by atoms with Crippen LogP contribution in [0.15, 0.2) is 59.5 Å². The van der Waals surface area contributed by atoms with Gasteiger partial charge in [-0.15, -0.1) is 0 Å². The minimum absolute atomic E-state index is 0.0276. The number of amides is 3. The lowest BCUT2D eigenvalue weighted by Crippen LogP contribution is -2.51. The maximum Gasteiger partial charge on any atom is 0.243 e. The molecule has 0 aliphatic carbocycles. The first-order valence-electron chi connectivity index (χ1n) is 13.1. The first kappa shape index (κ1) is 30.3. The van der Waals surface area contributed by atoms with Crippen LogP contribution in [-0.4, -0.2) is 67.3 Å². The zero-order valence-corrected chi connectivity index (χ0v) is 23.4. The minimum atomic E-state index is -3.99. The molecule has 2 aromatic carbocycles. The zero-order chi connectivity index (χ0) is 28.6. The fourth-order valence-electron chi connectivity index (χ4n) is 4.56. The average Bonchev–Trinajstić information content (AvgIpc) is 3.27. The van der Waals surface area contributed by atoms with E-state index in [9.17, 15) is 27.9 Å². The number of hydrogen-bond donors (Lipinski definition) is 4. The van der Waals surface area contributed by atoms with Gasteiger partial charge in [0, 0.05) is 45.1 Å². The molecule has 0 spiro atoms. The highest BCUT2D eigenvalue weighted by molar-refractivity contribution is 7.89. The van der Waals surface area contributed by atoms with Gasteiger partial charge in [0.1, 0.15) is 0 Å². The number of aliphatic hydroxyl groups is 1. The van der Waals surface area contributed by atoms with Crippen LogP contribution >= 0.6 is 0 Å². The molecule has 0 radical (unpaired) electrons. The molecule has 212 valence electrons. The van der Waals surface area contributed by atoms with Crippen molar-refractivity contribution in [1.82, 2.24) is 14.9 Å². The highest BCUT2D eigenvalue weighted by atomic mass is 32.2. The van der Waals surface area contributed by atoms with Crippen molar-refractivity contribution in [2.45, 2.75) is 57.1 Å². The van der Waals surface area contributed by atoms with Crippen LogP contribution in [0.5, 0.6) is 0 Å². The number of nitrogens with one attached hydrogen (secondary N) is 3. The SMILES string of the molecule is CC(=O)Nc1ccc(S(=O)(=O)N(CC(C)C)C[C@H](O)C(Cc2ccccc2)NC(=O)C[C@@H]2CNC(=O)C2)cc1. The molecule has 1 fully saturated rings. The Hall–Kier alpha value is -3.28. The molecule has 39 heavy (non-hydrogen) atoms. The second kappa shape index (κ2) is 13.7. The molecule has 10 nitrogen and oxygen atoms in total. The fourth-order valence-corrected chi connectivity index (χ4v) is 6.19. The van der Waals surface area contributed by atoms with Gasteiger partial charge in [0.2, 0.25) is 27.7 Å². The molecule has 1 saturated heterocycles. The Morgan fingerprint density at radius 3 is 2.31 bits per heavy atom. The molecule has 1 heterocycles. The van der Waals surface area contributed by atoms with Crippen molar-refractivity contribution in [1.29, 1.82) is 0 Å². The Bertz CT molecular complexity index is 1230. The van der Waals surface area contributed by atoms with Gasteiger partial charge < -0.3 is 21.1 Å². The largest absolute Gasteiger partial charge is 0.390 e. The number of hydrogen-bond acceptors (Lipinski definition) is 6. The third-order valence-electron chi connectivity index (χ3n) is 6.42. The van der Waals surface area contributed by atoms with E-state index in [1.165, 1.54) is 35.5 Å². The van der Waals surface area contributed by atoms with Gasteiger partial charge in [0.25, 0.3) is 0 Å². The van der Waals surface area contributed by atoms with E-state index in [1.807, 2.05) is 44.2 Å². The Balaban J connectivity index is 1.80. The average molecular weight is 559 g/mol. The molecule has 0 bridgehead atoms. The molecule has 0 saturated carbocycles. The summed E-state index contributed by atoms with van der Waals surface area (Å²) in [4.78, 5) is 35.8. The Kier molecular flexibility index (Phi) is 10.6. The van der Waals surface area contributed by atoms with Crippen molar-refractivity contribution < 1.29 is 27.9 Å². The number of carbonyl (C=O) groups excluding carboxylic acids is 3. The molecular formula is C28H38N4O6S. The molecule has 2 aromatic rings. The predicted octanol–water partition coefficient (Wildman–Crippen LogP) is 1.91. The standard InChI is InChI=1S/C28H38N4O6S/c1-19(2)17-32(39(37,38)24-11-9-23(10-12-24)30-20(3)33)18-26(34)25(13-21-7-5-4-6-8-21)31-28(36)15-22-14-27(35)29-16-22/h4-12,19,22,25-26,34H,13-18H2,1-3H3,(H,29,35)(H,30,33)(H,31,36)/t22-,25?,26+/m1/s1. The summed E-state index contributed by atoms with van der Waals surface area (Å²) in [6.07, 6.45) is -0.493. The van der Waals surface area contributed by atoms with Gasteiger partial charge in [-0.05, 0) is 48.1 Å². The van der Waals surface area contributed by atoms with E-state index in [1.54, 1.807) is 0 Å². The van der Waals surface area contributed by atoms with Crippen LogP contribution in [0.3, 0.4) is 0 Å². The third kappa shape index (κ3) is 9.15. The van der Waals surface area contributed by atoms with Crippen LogP contribution in [0.2, 0.25) is 0 Å². The lowest BCUT2D eigenvalue weighted by Gasteiger charge is -2.31. The van der Waals surface area contributed by atoms with E-state index in [2.05, 4.69) is 16.0 Å². The summed E-state index contributed by atoms with van der Waals surface area (Å²) in [5.74, 6) is -0.806. The second-order valence-electron chi connectivity index (χ2n) is 10.4. The lowest BCUT2D eigenvalue weighted by atomic mass is 9.99. The van der Waals surface area contributed by atoms with Gasteiger partial charge in [-0.25, -0.2) is 8.42 Å². The number of aliphatic hydroxyl groups excluding tert-OH is 1. The van der Waals surface area contributed by atoms with E-state index < -0.39 is 22.2 Å². The van der Waals surface area contributed by atoms with Crippen molar-refractivity contribution in [3.05, 3.63) is 60.2 Å². The van der Waals surface area contributed by atoms with Crippen molar-refractivity contribution in [2.75, 3.05) is 25.0 Å². The zero-order valence-electron chi connectivity index (χ0n) is 22.6. The first-order chi connectivity index (χ1) is 18.4. The van der Waals surface area contributed by atoms with Crippen molar-refractivity contribution in [3.8, 4) is 0 Å². The van der Waals surface area contributed by atoms with Gasteiger partial charge in [0.15, 0.2) is 0 Å². The molecule has 1 unspecified atom stereocenters. The number of anilines is 1. The lowest BCUT2D eigenvalue weighted by molar-refractivity contribution is -0.123. The van der Waals surface area contributed by atoms with Crippen LogP contribution in [0.4, 0.5) is 5.69 Å². The van der Waals surface area contributed by atoms with E-state index >= 15 is 0 Å². The van der Waals surface area contributed by atoms with Crippen LogP contribution in [0.25, 0.3) is 0 Å². The predicted molar refractivity (Wildman–Crippen MR) is 148 cm³/mol. The molecule has 1 aliphatic heterocycles. The first-order valence-corrected chi connectivity index (χ1v) is 14.5. The third-order valence-corrected chi connectivity index (χ3v) is 8.26. The normalized spacial score (nSPS) is 17.1. The fraction of sp³-hybridized carbons (Fsp3) is 0.464. The number of carbonyl (C=O) groups is 3. The smallest absolute Gasteiger partial charge is 0.243 e. The molecule has 1 aliphatic rings. The Labute approximate surface area is 230 Å². The molecule has 0 aromatic heterocycles. The summed E-state index contributed by atoms with van der Waals surface area (Å²) in [5, 5.41) is 19.5. The van der Waals surface area contributed by atoms with Gasteiger partial charge in [-0.3, -0.25) is 14.4 Å². The summed E-state index contributed by atoms with van der Waals surface area (Å²) in [6.45, 7) is 5.50. The summed E-state index contributed by atoms with van der Waals surface area (Å²) < 4.78 is 28.4. The van der Waals surface area contributed by atoms with Gasteiger partial charge in [-0.2, -0.15) is 4.31 Å². The highest BCUT2D eigenvalue weighted by Crippen LogP contribution is 2.21. The number of nitrogens with zero attached hydrogens (tertiary/aromatic N) is 1. The van der Waals surface area contributed by atoms with Crippen LogP contribution in [0, 0.1) is 11.8 Å². The quantitative estimate of drug-likeness (QED) is 0.296. The van der Waals surface area contributed by atoms with Crippen molar-refractivity contribution in [3.63, 3.8) is 0 Å². The van der Waals surface area contributed by atoms with Crippen LogP contribution < -0.4 is 16.0 Å². The van der Waals surface area contributed by atoms with Crippen LogP contribution in [0.1, 0.15) is 39.2 Å². The van der Waals surface area contributed by atoms with E-state index in [-0.39, 0.29) is 60.4 Å². The van der Waals surface area contributed by atoms with E-state index in [0.29, 0.717) is 18.7 Å². The Morgan fingerprint density at radius 1 is 1.08 bits per heavy atom. The summed E-state index contributed by atoms with van der Waals surface area (Å²) in [6, 6.07) is 14.4. The highest BCUT2D eigenvalue weighted by Gasteiger charge is 2.32. The number of benzene rings is 2. The molecule has 11 heteroatoms. The number of rotatable bonds is 13.